The summed E-state index contributed by atoms with van der Waals surface area (Å²) in [6.45, 7) is 11.1. The number of carbonyl (C=O) groups excluding carboxylic acids is 1. The molecule has 10 nitrogen and oxygen atoms in total. The minimum absolute atomic E-state index is 0.0668. The van der Waals surface area contributed by atoms with Crippen LogP contribution >= 0.6 is 0 Å². The molecule has 10 heteroatoms. The van der Waals surface area contributed by atoms with Crippen LogP contribution < -0.4 is 4.74 Å². The van der Waals surface area contributed by atoms with E-state index >= 15 is 0 Å². The Morgan fingerprint density at radius 3 is 2.63 bits per heavy atom. The van der Waals surface area contributed by atoms with Gasteiger partial charge >= 0.3 is 0 Å². The molecule has 5 rings (SSSR count). The number of aryl methyl sites for hydroxylation is 3. The topological polar surface area (TPSA) is 115 Å². The molecule has 4 aromatic rings. The second-order valence-corrected chi connectivity index (χ2v) is 9.44. The fourth-order valence-electron chi connectivity index (χ4n) is 5.02. The number of pyridine rings is 1. The summed E-state index contributed by atoms with van der Waals surface area (Å²) in [5.41, 5.74) is 4.52. The van der Waals surface area contributed by atoms with Crippen LogP contribution in [0.3, 0.4) is 0 Å². The molecule has 0 saturated heterocycles. The van der Waals surface area contributed by atoms with Crippen molar-refractivity contribution in [3.8, 4) is 17.5 Å². The van der Waals surface area contributed by atoms with Gasteiger partial charge in [0, 0.05) is 43.3 Å². The fourth-order valence-corrected chi connectivity index (χ4v) is 5.02. The van der Waals surface area contributed by atoms with E-state index in [0.717, 1.165) is 28.5 Å². The lowest BCUT2D eigenvalue weighted by atomic mass is 9.93. The third-order valence-electron chi connectivity index (χ3n) is 6.96. The van der Waals surface area contributed by atoms with Gasteiger partial charge in [0.05, 0.1) is 24.0 Å². The first-order valence-electron chi connectivity index (χ1n) is 12.7. The number of amides is 1. The number of nitriles is 1. The van der Waals surface area contributed by atoms with Gasteiger partial charge in [-0.25, -0.2) is 14.6 Å². The zero-order chi connectivity index (χ0) is 27.0. The van der Waals surface area contributed by atoms with Crippen LogP contribution in [0.2, 0.25) is 0 Å². The molecule has 0 bridgehead atoms. The first-order chi connectivity index (χ1) is 18.3. The van der Waals surface area contributed by atoms with Gasteiger partial charge < -0.3 is 14.2 Å². The zero-order valence-corrected chi connectivity index (χ0v) is 22.3. The minimum atomic E-state index is -0.305. The van der Waals surface area contributed by atoms with Crippen LogP contribution in [0.25, 0.3) is 5.69 Å². The summed E-state index contributed by atoms with van der Waals surface area (Å²) in [5, 5.41) is 14.0. The highest BCUT2D eigenvalue weighted by Crippen LogP contribution is 2.33. The standard InChI is InChI=1S/C28H30N8O2/c1-6-38-27-13-25(31-15-22(27)14-29)17(2)35-9-7-23-24(28(35)37)11-21(16-34-10-8-30-19(34)4)12-26(23)36-20(5)32-18(3)33-36/h8,10-13,15,17H,6-7,9,16H2,1-5H3/t17-/m0/s1. The average molecular weight is 511 g/mol. The molecule has 0 spiro atoms. The number of imidazole rings is 1. The molecule has 1 atom stereocenters. The highest BCUT2D eigenvalue weighted by molar-refractivity contribution is 5.98. The van der Waals surface area contributed by atoms with Gasteiger partial charge in [0.1, 0.15) is 34.9 Å². The molecule has 0 fully saturated rings. The summed E-state index contributed by atoms with van der Waals surface area (Å²) in [6, 6.07) is 7.66. The molecule has 194 valence electrons. The minimum Gasteiger partial charge on any atom is -0.492 e. The smallest absolute Gasteiger partial charge is 0.254 e. The van der Waals surface area contributed by atoms with Crippen molar-refractivity contribution in [3.05, 3.63) is 82.2 Å². The summed E-state index contributed by atoms with van der Waals surface area (Å²) < 4.78 is 9.54. The molecule has 1 aliphatic heterocycles. The number of ether oxygens (including phenoxy) is 1. The second kappa shape index (κ2) is 10.1. The molecule has 1 aliphatic rings. The van der Waals surface area contributed by atoms with Gasteiger partial charge in [-0.2, -0.15) is 10.4 Å². The second-order valence-electron chi connectivity index (χ2n) is 9.44. The summed E-state index contributed by atoms with van der Waals surface area (Å²) in [7, 11) is 0. The van der Waals surface area contributed by atoms with Crippen molar-refractivity contribution in [2.24, 2.45) is 0 Å². The molecule has 4 heterocycles. The maximum Gasteiger partial charge on any atom is 0.254 e. The summed E-state index contributed by atoms with van der Waals surface area (Å²) in [4.78, 5) is 29.2. The monoisotopic (exact) mass is 510 g/mol. The number of carbonyl (C=O) groups is 1. The van der Waals surface area contributed by atoms with Gasteiger partial charge in [-0.3, -0.25) is 9.78 Å². The van der Waals surface area contributed by atoms with Crippen LogP contribution in [0.15, 0.2) is 36.8 Å². The number of fused-ring (bicyclic) bond motifs is 1. The van der Waals surface area contributed by atoms with Gasteiger partial charge in [-0.1, -0.05) is 0 Å². The number of benzene rings is 1. The van der Waals surface area contributed by atoms with E-state index in [0.29, 0.717) is 54.5 Å². The fraction of sp³-hybridized carbons (Fsp3) is 0.357. The Morgan fingerprint density at radius 2 is 1.97 bits per heavy atom. The Labute approximate surface area is 221 Å². The predicted molar refractivity (Wildman–Crippen MR) is 140 cm³/mol. The van der Waals surface area contributed by atoms with E-state index in [1.165, 1.54) is 6.20 Å². The molecule has 1 amide bonds. The summed E-state index contributed by atoms with van der Waals surface area (Å²) >= 11 is 0. The number of hydrogen-bond donors (Lipinski definition) is 0. The Kier molecular flexibility index (Phi) is 6.68. The SMILES string of the molecule is CCOc1cc([C@H](C)N2CCc3c(cc(Cn4ccnc4C)cc3-n3nc(C)nc3C)C2=O)ncc1C#N. The number of hydrogen-bond acceptors (Lipinski definition) is 7. The van der Waals surface area contributed by atoms with Crippen molar-refractivity contribution in [2.75, 3.05) is 13.2 Å². The van der Waals surface area contributed by atoms with E-state index in [9.17, 15) is 10.1 Å². The molecule has 0 radical (unpaired) electrons. The number of nitrogens with zero attached hydrogens (tertiary/aromatic N) is 8. The molecular formula is C28H30N8O2. The van der Waals surface area contributed by atoms with E-state index in [2.05, 4.69) is 36.8 Å². The average Bonchev–Trinajstić information content (AvgIpc) is 3.47. The molecule has 38 heavy (non-hydrogen) atoms. The highest BCUT2D eigenvalue weighted by Gasteiger charge is 2.32. The molecular weight excluding hydrogens is 480 g/mol. The summed E-state index contributed by atoms with van der Waals surface area (Å²) in [6.07, 6.45) is 5.88. The van der Waals surface area contributed by atoms with Crippen LogP contribution in [0.1, 0.15) is 70.1 Å². The van der Waals surface area contributed by atoms with Crippen LogP contribution in [-0.2, 0) is 13.0 Å². The van der Waals surface area contributed by atoms with E-state index in [1.807, 2.05) is 56.5 Å². The Hall–Kier alpha value is -4.52. The van der Waals surface area contributed by atoms with E-state index in [1.54, 1.807) is 12.3 Å². The lowest BCUT2D eigenvalue weighted by Gasteiger charge is -2.34. The van der Waals surface area contributed by atoms with Gasteiger partial charge in [0.25, 0.3) is 5.91 Å². The highest BCUT2D eigenvalue weighted by atomic mass is 16.5. The largest absolute Gasteiger partial charge is 0.492 e. The number of aromatic nitrogens is 6. The van der Waals surface area contributed by atoms with Gasteiger partial charge in [-0.05, 0) is 64.3 Å². The van der Waals surface area contributed by atoms with E-state index in [-0.39, 0.29) is 11.9 Å². The van der Waals surface area contributed by atoms with Crippen molar-refractivity contribution < 1.29 is 9.53 Å². The van der Waals surface area contributed by atoms with Crippen molar-refractivity contribution in [2.45, 2.75) is 53.6 Å². The van der Waals surface area contributed by atoms with Crippen LogP contribution in [0.4, 0.5) is 0 Å². The maximum atomic E-state index is 14.0. The number of rotatable bonds is 7. The molecule has 0 unspecified atom stereocenters. The summed E-state index contributed by atoms with van der Waals surface area (Å²) in [5.74, 6) is 2.77. The quantitative estimate of drug-likeness (QED) is 0.371. The van der Waals surface area contributed by atoms with Crippen LogP contribution in [-0.4, -0.2) is 53.3 Å². The van der Waals surface area contributed by atoms with Crippen molar-refractivity contribution in [1.82, 2.24) is 34.2 Å². The van der Waals surface area contributed by atoms with E-state index in [4.69, 9.17) is 4.74 Å². The van der Waals surface area contributed by atoms with Crippen molar-refractivity contribution in [3.63, 3.8) is 0 Å². The Bertz CT molecular complexity index is 1560. The predicted octanol–water partition coefficient (Wildman–Crippen LogP) is 3.86. The molecule has 0 aliphatic carbocycles. The van der Waals surface area contributed by atoms with Gasteiger partial charge in [-0.15, -0.1) is 0 Å². The molecule has 0 saturated carbocycles. The first-order valence-corrected chi connectivity index (χ1v) is 12.7. The van der Waals surface area contributed by atoms with Crippen LogP contribution in [0, 0.1) is 32.1 Å². The Balaban J connectivity index is 1.56. The first kappa shape index (κ1) is 25.1. The third kappa shape index (κ3) is 4.52. The van der Waals surface area contributed by atoms with Crippen molar-refractivity contribution >= 4 is 5.91 Å². The molecule has 3 aromatic heterocycles. The molecule has 1 aromatic carbocycles. The van der Waals surface area contributed by atoms with E-state index < -0.39 is 0 Å². The van der Waals surface area contributed by atoms with Crippen LogP contribution in [0.5, 0.6) is 5.75 Å². The lowest BCUT2D eigenvalue weighted by molar-refractivity contribution is 0.0668. The normalized spacial score (nSPS) is 13.8. The van der Waals surface area contributed by atoms with Crippen molar-refractivity contribution in [1.29, 1.82) is 5.26 Å². The maximum absolute atomic E-state index is 14.0. The van der Waals surface area contributed by atoms with Gasteiger partial charge in [0.15, 0.2) is 0 Å². The Morgan fingerprint density at radius 1 is 1.16 bits per heavy atom. The molecule has 0 N–H and O–H groups in total. The third-order valence-corrected chi connectivity index (χ3v) is 6.96. The van der Waals surface area contributed by atoms with Gasteiger partial charge in [0.2, 0.25) is 0 Å². The lowest BCUT2D eigenvalue weighted by Crippen LogP contribution is -2.40. The zero-order valence-electron chi connectivity index (χ0n) is 22.3.